The molecule has 26 heavy (non-hydrogen) atoms. The van der Waals surface area contributed by atoms with Crippen LogP contribution in [0.1, 0.15) is 27.2 Å². The molecule has 3 aromatic rings. The highest BCUT2D eigenvalue weighted by molar-refractivity contribution is 5.94. The van der Waals surface area contributed by atoms with Crippen LogP contribution in [0.25, 0.3) is 5.65 Å². The van der Waals surface area contributed by atoms with Crippen LogP contribution < -0.4 is 4.90 Å². The number of hydrogen-bond acceptors (Lipinski definition) is 4. The zero-order valence-corrected chi connectivity index (χ0v) is 15.4. The summed E-state index contributed by atoms with van der Waals surface area (Å²) >= 11 is 0. The van der Waals surface area contributed by atoms with Gasteiger partial charge in [-0.15, -0.1) is 10.2 Å². The van der Waals surface area contributed by atoms with E-state index in [2.05, 4.69) is 39.4 Å². The van der Waals surface area contributed by atoms with Crippen molar-refractivity contribution in [1.82, 2.24) is 19.5 Å². The van der Waals surface area contributed by atoms with Gasteiger partial charge in [0.15, 0.2) is 5.65 Å². The van der Waals surface area contributed by atoms with Crippen LogP contribution in [0.3, 0.4) is 0 Å². The Hall–Kier alpha value is -2.89. The van der Waals surface area contributed by atoms with Gasteiger partial charge in [-0.1, -0.05) is 12.1 Å². The van der Waals surface area contributed by atoms with Crippen molar-refractivity contribution >= 4 is 17.5 Å². The molecule has 0 spiro atoms. The van der Waals surface area contributed by atoms with Gasteiger partial charge in [0.05, 0.1) is 0 Å². The second-order valence-corrected chi connectivity index (χ2v) is 6.94. The van der Waals surface area contributed by atoms with Crippen molar-refractivity contribution in [2.45, 2.75) is 20.8 Å². The number of anilines is 1. The lowest BCUT2D eigenvalue weighted by atomic mass is 10.1. The highest BCUT2D eigenvalue weighted by atomic mass is 16.2. The summed E-state index contributed by atoms with van der Waals surface area (Å²) in [7, 11) is 0. The van der Waals surface area contributed by atoms with Crippen molar-refractivity contribution in [2.24, 2.45) is 0 Å². The number of benzene rings is 1. The van der Waals surface area contributed by atoms with Gasteiger partial charge in [-0.2, -0.15) is 0 Å². The maximum absolute atomic E-state index is 12.8. The highest BCUT2D eigenvalue weighted by Gasteiger charge is 2.25. The van der Waals surface area contributed by atoms with Crippen LogP contribution in [0, 0.1) is 20.8 Å². The molecule has 3 heterocycles. The van der Waals surface area contributed by atoms with Gasteiger partial charge in [0, 0.05) is 37.4 Å². The maximum Gasteiger partial charge on any atom is 0.253 e. The molecule has 1 fully saturated rings. The molecular weight excluding hydrogens is 326 g/mol. The van der Waals surface area contributed by atoms with E-state index >= 15 is 0 Å². The highest BCUT2D eigenvalue weighted by Crippen LogP contribution is 2.19. The number of aryl methyl sites for hydroxylation is 3. The molecule has 6 heteroatoms. The summed E-state index contributed by atoms with van der Waals surface area (Å²) in [5, 5.41) is 8.63. The molecule has 0 unspecified atom stereocenters. The fraction of sp³-hybridized carbons (Fsp3) is 0.350. The van der Waals surface area contributed by atoms with Crippen LogP contribution in [0.2, 0.25) is 0 Å². The molecule has 1 saturated heterocycles. The topological polar surface area (TPSA) is 53.7 Å². The van der Waals surface area contributed by atoms with Crippen molar-refractivity contribution in [3.05, 3.63) is 58.8 Å². The molecule has 1 aliphatic heterocycles. The minimum Gasteiger partial charge on any atom is -0.337 e. The fourth-order valence-corrected chi connectivity index (χ4v) is 3.45. The summed E-state index contributed by atoms with van der Waals surface area (Å²) in [5.41, 5.74) is 5.09. The minimum atomic E-state index is 0.107. The van der Waals surface area contributed by atoms with Crippen LogP contribution in [0.15, 0.2) is 36.4 Å². The van der Waals surface area contributed by atoms with Crippen molar-refractivity contribution in [3.63, 3.8) is 0 Å². The Labute approximate surface area is 153 Å². The number of amides is 1. The quantitative estimate of drug-likeness (QED) is 0.714. The molecule has 6 nitrogen and oxygen atoms in total. The van der Waals surface area contributed by atoms with Gasteiger partial charge >= 0.3 is 0 Å². The zero-order valence-electron chi connectivity index (χ0n) is 15.4. The van der Waals surface area contributed by atoms with E-state index in [0.717, 1.165) is 41.5 Å². The normalized spacial score (nSPS) is 14.9. The van der Waals surface area contributed by atoms with Gasteiger partial charge in [-0.25, -0.2) is 0 Å². The second-order valence-electron chi connectivity index (χ2n) is 6.94. The Morgan fingerprint density at radius 2 is 1.69 bits per heavy atom. The van der Waals surface area contributed by atoms with E-state index in [4.69, 9.17) is 0 Å². The van der Waals surface area contributed by atoms with Gasteiger partial charge in [0.25, 0.3) is 5.91 Å². The molecule has 1 aliphatic rings. The van der Waals surface area contributed by atoms with Crippen molar-refractivity contribution in [3.8, 4) is 0 Å². The van der Waals surface area contributed by atoms with E-state index < -0.39 is 0 Å². The summed E-state index contributed by atoms with van der Waals surface area (Å²) < 4.78 is 2.07. The van der Waals surface area contributed by atoms with Crippen LogP contribution in [-0.2, 0) is 0 Å². The van der Waals surface area contributed by atoms with E-state index in [1.54, 1.807) is 0 Å². The minimum absolute atomic E-state index is 0.107. The molecule has 0 aliphatic carbocycles. The van der Waals surface area contributed by atoms with E-state index in [-0.39, 0.29) is 5.91 Å². The third-order valence-corrected chi connectivity index (χ3v) is 5.21. The lowest BCUT2D eigenvalue weighted by Crippen LogP contribution is -2.49. The molecule has 0 N–H and O–H groups in total. The van der Waals surface area contributed by atoms with E-state index in [1.807, 2.05) is 42.2 Å². The first-order chi connectivity index (χ1) is 12.5. The Balaban J connectivity index is 1.50. The number of aromatic nitrogens is 3. The van der Waals surface area contributed by atoms with E-state index in [1.165, 1.54) is 5.56 Å². The van der Waals surface area contributed by atoms with Crippen LogP contribution in [0.5, 0.6) is 0 Å². The summed E-state index contributed by atoms with van der Waals surface area (Å²) in [6.07, 6.45) is 0. The van der Waals surface area contributed by atoms with Crippen LogP contribution in [0.4, 0.5) is 5.95 Å². The Kier molecular flexibility index (Phi) is 4.11. The van der Waals surface area contributed by atoms with Crippen LogP contribution >= 0.6 is 0 Å². The van der Waals surface area contributed by atoms with Gasteiger partial charge in [0.2, 0.25) is 5.95 Å². The van der Waals surface area contributed by atoms with E-state index in [9.17, 15) is 4.79 Å². The molecule has 0 saturated carbocycles. The number of nitrogens with zero attached hydrogens (tertiary/aromatic N) is 5. The number of rotatable bonds is 2. The summed E-state index contributed by atoms with van der Waals surface area (Å²) in [5.74, 6) is 0.964. The summed E-state index contributed by atoms with van der Waals surface area (Å²) in [4.78, 5) is 16.9. The number of carbonyl (C=O) groups is 1. The number of pyridine rings is 1. The van der Waals surface area contributed by atoms with Crippen LogP contribution in [-0.4, -0.2) is 51.6 Å². The van der Waals surface area contributed by atoms with Crippen molar-refractivity contribution in [1.29, 1.82) is 0 Å². The smallest absolute Gasteiger partial charge is 0.253 e. The first-order valence-corrected chi connectivity index (χ1v) is 8.97. The largest absolute Gasteiger partial charge is 0.337 e. The SMILES string of the molecule is Cc1ccc(C(=O)N2CCN(c3nnc4cccc(C)n34)CC2)cc1C. The third-order valence-electron chi connectivity index (χ3n) is 5.21. The molecule has 134 valence electrons. The molecule has 0 radical (unpaired) electrons. The molecule has 0 atom stereocenters. The van der Waals surface area contributed by atoms with Crippen molar-refractivity contribution < 1.29 is 4.79 Å². The molecular formula is C20H23N5O. The molecule has 2 aromatic heterocycles. The lowest BCUT2D eigenvalue weighted by Gasteiger charge is -2.35. The monoisotopic (exact) mass is 349 g/mol. The average Bonchev–Trinajstić information content (AvgIpc) is 3.09. The maximum atomic E-state index is 12.8. The predicted molar refractivity (Wildman–Crippen MR) is 102 cm³/mol. The van der Waals surface area contributed by atoms with Gasteiger partial charge in [-0.05, 0) is 56.2 Å². The summed E-state index contributed by atoms with van der Waals surface area (Å²) in [6.45, 7) is 9.05. The average molecular weight is 349 g/mol. The fourth-order valence-electron chi connectivity index (χ4n) is 3.45. The Morgan fingerprint density at radius 1 is 0.923 bits per heavy atom. The molecule has 0 bridgehead atoms. The second kappa shape index (κ2) is 6.44. The third kappa shape index (κ3) is 2.81. The van der Waals surface area contributed by atoms with Gasteiger partial charge < -0.3 is 9.80 Å². The first kappa shape index (κ1) is 16.6. The number of hydrogen-bond donors (Lipinski definition) is 0. The predicted octanol–water partition coefficient (Wildman–Crippen LogP) is 2.62. The summed E-state index contributed by atoms with van der Waals surface area (Å²) in [6, 6.07) is 11.9. The number of piperazine rings is 1. The Morgan fingerprint density at radius 3 is 2.42 bits per heavy atom. The Bertz CT molecular complexity index is 969. The molecule has 1 amide bonds. The standard InChI is InChI=1S/C20H23N5O/c1-14-7-8-17(13-15(14)2)19(26)23-9-11-24(12-10-23)20-22-21-18-6-4-5-16(3)25(18)20/h4-8,13H,9-12H2,1-3H3. The van der Waals surface area contributed by atoms with Crippen molar-refractivity contribution in [2.75, 3.05) is 31.1 Å². The number of carbonyl (C=O) groups excluding carboxylic acids is 1. The molecule has 1 aromatic carbocycles. The zero-order chi connectivity index (χ0) is 18.3. The lowest BCUT2D eigenvalue weighted by molar-refractivity contribution is 0.0746. The van der Waals surface area contributed by atoms with Gasteiger partial charge in [-0.3, -0.25) is 9.20 Å². The van der Waals surface area contributed by atoms with Gasteiger partial charge in [0.1, 0.15) is 0 Å². The van der Waals surface area contributed by atoms with E-state index in [0.29, 0.717) is 13.1 Å². The number of fused-ring (bicyclic) bond motifs is 1. The first-order valence-electron chi connectivity index (χ1n) is 8.97. The molecule has 4 rings (SSSR count).